The van der Waals surface area contributed by atoms with Crippen molar-refractivity contribution in [3.63, 3.8) is 0 Å². The maximum Gasteiger partial charge on any atom is 0.122 e. The van der Waals surface area contributed by atoms with E-state index in [1.165, 1.54) is 5.56 Å². The Kier molecular flexibility index (Phi) is 6.99. The Balaban J connectivity index is 2.46. The Morgan fingerprint density at radius 1 is 1.32 bits per heavy atom. The lowest BCUT2D eigenvalue weighted by atomic mass is 10.0. The highest BCUT2D eigenvalue weighted by Gasteiger charge is 2.09. The van der Waals surface area contributed by atoms with Crippen LogP contribution in [0.1, 0.15) is 45.1 Å². The molecule has 1 unspecified atom stereocenters. The lowest BCUT2D eigenvalue weighted by molar-refractivity contribution is 0.294. The van der Waals surface area contributed by atoms with Gasteiger partial charge in [0.2, 0.25) is 0 Å². The Morgan fingerprint density at radius 3 is 2.68 bits per heavy atom. The molecule has 0 radical (unpaired) electrons. The molecule has 0 fully saturated rings. The molecule has 3 nitrogen and oxygen atoms in total. The fourth-order valence-corrected chi connectivity index (χ4v) is 1.91. The van der Waals surface area contributed by atoms with Crippen LogP contribution in [0.25, 0.3) is 0 Å². The first-order valence-corrected chi connectivity index (χ1v) is 7.03. The van der Waals surface area contributed by atoms with E-state index in [4.69, 9.17) is 10.00 Å². The monoisotopic (exact) mass is 260 g/mol. The number of ether oxygens (including phenoxy) is 1. The topological polar surface area (TPSA) is 45.0 Å². The highest BCUT2D eigenvalue weighted by Crippen LogP contribution is 2.25. The number of nitrogens with one attached hydrogen (secondary N) is 1. The number of hydrogen-bond acceptors (Lipinski definition) is 3. The van der Waals surface area contributed by atoms with Gasteiger partial charge in [-0.15, -0.1) is 0 Å². The quantitative estimate of drug-likeness (QED) is 0.778. The van der Waals surface area contributed by atoms with Gasteiger partial charge in [0, 0.05) is 6.42 Å². The third kappa shape index (κ3) is 5.32. The molecule has 1 N–H and O–H groups in total. The lowest BCUT2D eigenvalue weighted by Gasteiger charge is -2.15. The number of benzene rings is 1. The van der Waals surface area contributed by atoms with Crippen LogP contribution >= 0.6 is 0 Å². The van der Waals surface area contributed by atoms with Crippen LogP contribution in [-0.2, 0) is 0 Å². The number of rotatable bonds is 8. The average Bonchev–Trinajstić information content (AvgIpc) is 2.43. The number of hydrogen-bond donors (Lipinski definition) is 1. The third-order valence-corrected chi connectivity index (χ3v) is 3.00. The summed E-state index contributed by atoms with van der Waals surface area (Å²) in [5, 5.41) is 12.2. The second-order valence-corrected chi connectivity index (χ2v) is 4.97. The standard InChI is InChI=1S/C16H24N2O/c1-4-10-18-14(12-17)9-11-19-16-8-6-5-7-15(16)13(2)3/h5-8,13-14,18H,4,9-11H2,1-3H3. The summed E-state index contributed by atoms with van der Waals surface area (Å²) >= 11 is 0. The van der Waals surface area contributed by atoms with Crippen molar-refractivity contribution in [2.24, 2.45) is 0 Å². The van der Waals surface area contributed by atoms with Gasteiger partial charge < -0.3 is 10.1 Å². The van der Waals surface area contributed by atoms with Crippen LogP contribution in [0.3, 0.4) is 0 Å². The minimum atomic E-state index is -0.119. The van der Waals surface area contributed by atoms with Gasteiger partial charge in [-0.05, 0) is 30.5 Å². The minimum absolute atomic E-state index is 0.119. The van der Waals surface area contributed by atoms with Crippen molar-refractivity contribution in [1.29, 1.82) is 5.26 Å². The molecule has 104 valence electrons. The van der Waals surface area contributed by atoms with Crippen LogP contribution < -0.4 is 10.1 Å². The highest BCUT2D eigenvalue weighted by atomic mass is 16.5. The first-order valence-electron chi connectivity index (χ1n) is 7.03. The molecule has 0 aliphatic carbocycles. The van der Waals surface area contributed by atoms with Gasteiger partial charge in [-0.1, -0.05) is 39.0 Å². The Hall–Kier alpha value is -1.53. The molecule has 0 saturated carbocycles. The summed E-state index contributed by atoms with van der Waals surface area (Å²) in [6.45, 7) is 7.85. The third-order valence-electron chi connectivity index (χ3n) is 3.00. The second-order valence-electron chi connectivity index (χ2n) is 4.97. The maximum absolute atomic E-state index is 9.02. The molecule has 1 atom stereocenters. The van der Waals surface area contributed by atoms with Gasteiger partial charge in [0.25, 0.3) is 0 Å². The van der Waals surface area contributed by atoms with Crippen LogP contribution in [0.15, 0.2) is 24.3 Å². The van der Waals surface area contributed by atoms with Crippen molar-refractivity contribution in [1.82, 2.24) is 5.32 Å². The van der Waals surface area contributed by atoms with Crippen molar-refractivity contribution >= 4 is 0 Å². The summed E-state index contributed by atoms with van der Waals surface area (Å²) in [7, 11) is 0. The first kappa shape index (κ1) is 15.5. The predicted molar refractivity (Wildman–Crippen MR) is 78.3 cm³/mol. The van der Waals surface area contributed by atoms with E-state index in [-0.39, 0.29) is 6.04 Å². The second kappa shape index (κ2) is 8.55. The Labute approximate surface area is 116 Å². The van der Waals surface area contributed by atoms with E-state index < -0.39 is 0 Å². The zero-order valence-corrected chi connectivity index (χ0v) is 12.1. The largest absolute Gasteiger partial charge is 0.493 e. The van der Waals surface area contributed by atoms with Crippen LogP contribution in [0, 0.1) is 11.3 Å². The smallest absolute Gasteiger partial charge is 0.122 e. The molecule has 19 heavy (non-hydrogen) atoms. The minimum Gasteiger partial charge on any atom is -0.493 e. The fourth-order valence-electron chi connectivity index (χ4n) is 1.91. The number of nitrogens with zero attached hydrogens (tertiary/aromatic N) is 1. The van der Waals surface area contributed by atoms with Crippen molar-refractivity contribution in [3.05, 3.63) is 29.8 Å². The van der Waals surface area contributed by atoms with E-state index in [0.29, 0.717) is 18.9 Å². The van der Waals surface area contributed by atoms with E-state index in [0.717, 1.165) is 18.7 Å². The molecule has 1 aromatic rings. The molecule has 0 aliphatic rings. The van der Waals surface area contributed by atoms with Crippen molar-refractivity contribution in [2.75, 3.05) is 13.2 Å². The Morgan fingerprint density at radius 2 is 2.05 bits per heavy atom. The zero-order valence-electron chi connectivity index (χ0n) is 12.1. The summed E-state index contributed by atoms with van der Waals surface area (Å²) in [5.41, 5.74) is 1.22. The molecule has 1 aromatic carbocycles. The van der Waals surface area contributed by atoms with Crippen molar-refractivity contribution < 1.29 is 4.74 Å². The van der Waals surface area contributed by atoms with E-state index >= 15 is 0 Å². The van der Waals surface area contributed by atoms with Gasteiger partial charge in [0.1, 0.15) is 5.75 Å². The van der Waals surface area contributed by atoms with Crippen LogP contribution in [0.5, 0.6) is 5.75 Å². The van der Waals surface area contributed by atoms with Gasteiger partial charge in [-0.25, -0.2) is 0 Å². The molecule has 0 spiro atoms. The summed E-state index contributed by atoms with van der Waals surface area (Å²) in [4.78, 5) is 0. The summed E-state index contributed by atoms with van der Waals surface area (Å²) in [5.74, 6) is 1.38. The zero-order chi connectivity index (χ0) is 14.1. The lowest BCUT2D eigenvalue weighted by Crippen LogP contribution is -2.29. The van der Waals surface area contributed by atoms with Crippen molar-refractivity contribution in [3.8, 4) is 11.8 Å². The van der Waals surface area contributed by atoms with Gasteiger partial charge in [-0.2, -0.15) is 5.26 Å². The molecule has 0 amide bonds. The van der Waals surface area contributed by atoms with Gasteiger partial charge in [-0.3, -0.25) is 0 Å². The molecule has 0 aromatic heterocycles. The van der Waals surface area contributed by atoms with Crippen LogP contribution in [0.2, 0.25) is 0 Å². The van der Waals surface area contributed by atoms with Gasteiger partial charge in [0.15, 0.2) is 0 Å². The van der Waals surface area contributed by atoms with Crippen LogP contribution in [-0.4, -0.2) is 19.2 Å². The van der Waals surface area contributed by atoms with Crippen LogP contribution in [0.4, 0.5) is 0 Å². The fraction of sp³-hybridized carbons (Fsp3) is 0.562. The van der Waals surface area contributed by atoms with E-state index in [1.54, 1.807) is 0 Å². The first-order chi connectivity index (χ1) is 9.19. The molecule has 0 heterocycles. The summed E-state index contributed by atoms with van der Waals surface area (Å²) in [6, 6.07) is 10.3. The summed E-state index contributed by atoms with van der Waals surface area (Å²) < 4.78 is 5.82. The van der Waals surface area contributed by atoms with Gasteiger partial charge in [0.05, 0.1) is 18.7 Å². The summed E-state index contributed by atoms with van der Waals surface area (Å²) in [6.07, 6.45) is 1.75. The molecule has 0 saturated heterocycles. The number of para-hydroxylation sites is 1. The number of nitriles is 1. The molecule has 0 bridgehead atoms. The highest BCUT2D eigenvalue weighted by molar-refractivity contribution is 5.35. The van der Waals surface area contributed by atoms with E-state index in [9.17, 15) is 0 Å². The van der Waals surface area contributed by atoms with E-state index in [2.05, 4.69) is 38.2 Å². The molecule has 3 heteroatoms. The molecule has 1 rings (SSSR count). The normalized spacial score (nSPS) is 12.2. The van der Waals surface area contributed by atoms with E-state index in [1.807, 2.05) is 18.2 Å². The predicted octanol–water partition coefficient (Wildman–Crippen LogP) is 3.47. The Bertz CT molecular complexity index is 409. The maximum atomic E-state index is 9.02. The SMILES string of the molecule is CCCNC(C#N)CCOc1ccccc1C(C)C. The molecule has 0 aliphatic heterocycles. The van der Waals surface area contributed by atoms with Crippen molar-refractivity contribution in [2.45, 2.75) is 45.6 Å². The van der Waals surface area contributed by atoms with Gasteiger partial charge >= 0.3 is 0 Å². The molecular formula is C16H24N2O. The molecular weight excluding hydrogens is 236 g/mol. The average molecular weight is 260 g/mol.